The van der Waals surface area contributed by atoms with Gasteiger partial charge in [0.2, 0.25) is 18.7 Å². The Hall–Kier alpha value is -1.52. The number of hydrogen-bond acceptors (Lipinski definition) is 17. The summed E-state index contributed by atoms with van der Waals surface area (Å²) in [6.45, 7) is 3.28. The molecule has 0 bridgehead atoms. The van der Waals surface area contributed by atoms with Crippen molar-refractivity contribution in [3.05, 3.63) is 23.5 Å². The molecule has 17 nitrogen and oxygen atoms in total. The van der Waals surface area contributed by atoms with Crippen molar-refractivity contribution < 1.29 is 57.2 Å². The number of nitrogens with one attached hydrogen (secondary N) is 4. The summed E-state index contributed by atoms with van der Waals surface area (Å²) in [4.78, 5) is 44.4. The van der Waals surface area contributed by atoms with Crippen molar-refractivity contribution in [3.63, 3.8) is 0 Å². The first-order valence-electron chi connectivity index (χ1n) is 16.0. The van der Waals surface area contributed by atoms with Gasteiger partial charge in [-0.2, -0.15) is 0 Å². The van der Waals surface area contributed by atoms with E-state index in [1.807, 2.05) is 0 Å². The number of nitrogens with zero attached hydrogens (tertiary/aromatic N) is 1. The molecule has 3 heterocycles. The molecule has 3 amide bonds. The van der Waals surface area contributed by atoms with E-state index in [0.29, 0.717) is 42.6 Å². The Bertz CT molecular complexity index is 1150. The summed E-state index contributed by atoms with van der Waals surface area (Å²) in [5.74, 6) is 1.71. The first-order chi connectivity index (χ1) is 24.1. The number of ether oxygens (including phenoxy) is 3. The highest BCUT2D eigenvalue weighted by Gasteiger charge is 2.42. The zero-order valence-electron chi connectivity index (χ0n) is 28.4. The van der Waals surface area contributed by atoms with Gasteiger partial charge in [0.1, 0.15) is 37.1 Å². The van der Waals surface area contributed by atoms with Gasteiger partial charge in [-0.3, -0.25) is 38.4 Å². The van der Waals surface area contributed by atoms with E-state index in [2.05, 4.69) is 26.2 Å². The highest BCUT2D eigenvalue weighted by molar-refractivity contribution is 8.76. The van der Waals surface area contributed by atoms with Gasteiger partial charge in [-0.15, -0.1) is 0 Å². The minimum absolute atomic E-state index is 0.109. The lowest BCUT2D eigenvalue weighted by Crippen LogP contribution is -2.37. The number of aldehydes is 1. The van der Waals surface area contributed by atoms with Crippen LogP contribution in [0.3, 0.4) is 0 Å². The average Bonchev–Trinajstić information content (AvgIpc) is 3.69. The molecule has 6 N–H and O–H groups in total. The molecule has 0 saturated carbocycles. The maximum Gasteiger partial charge on any atom is 0.389 e. The summed E-state index contributed by atoms with van der Waals surface area (Å²) >= 11 is 1.07. The summed E-state index contributed by atoms with van der Waals surface area (Å²) in [7, 11) is 5.17. The van der Waals surface area contributed by atoms with Crippen LogP contribution in [-0.2, 0) is 47.0 Å². The second kappa shape index (κ2) is 25.5. The molecular weight excluding hydrogens is 738 g/mol. The van der Waals surface area contributed by atoms with Crippen LogP contribution in [0, 0.1) is 0 Å². The lowest BCUT2D eigenvalue weighted by Gasteiger charge is -2.26. The highest BCUT2D eigenvalue weighted by Crippen LogP contribution is 2.62. The van der Waals surface area contributed by atoms with Crippen molar-refractivity contribution in [1.29, 1.82) is 0 Å². The molecule has 0 spiro atoms. The third-order valence-electron chi connectivity index (χ3n) is 7.26. The topological polar surface area (TPSA) is 223 Å². The van der Waals surface area contributed by atoms with E-state index in [0.717, 1.165) is 50.0 Å². The fourth-order valence-electron chi connectivity index (χ4n) is 4.55. The number of amides is 3. The molecule has 50 heavy (non-hydrogen) atoms. The Labute approximate surface area is 304 Å². The molecule has 21 heteroatoms. The van der Waals surface area contributed by atoms with Crippen LogP contribution in [0.1, 0.15) is 26.7 Å². The van der Waals surface area contributed by atoms with E-state index in [9.17, 15) is 34.0 Å². The highest BCUT2D eigenvalue weighted by atomic mass is 33.1. The van der Waals surface area contributed by atoms with E-state index in [-0.39, 0.29) is 31.4 Å². The molecule has 3 aliphatic heterocycles. The Morgan fingerprint density at radius 3 is 2.32 bits per heavy atom. The van der Waals surface area contributed by atoms with Crippen LogP contribution >= 0.6 is 39.8 Å². The quantitative estimate of drug-likeness (QED) is 0.0286. The molecular formula is C29H50N5O12PS3. The molecule has 3 fully saturated rings. The fraction of sp³-hybridized carbons (Fsp3) is 0.724. The van der Waals surface area contributed by atoms with Crippen LogP contribution in [0.2, 0.25) is 0 Å². The zero-order chi connectivity index (χ0) is 36.8. The van der Waals surface area contributed by atoms with Crippen molar-refractivity contribution in [2.45, 2.75) is 63.6 Å². The third-order valence-corrected chi connectivity index (χ3v) is 13.7. The van der Waals surface area contributed by atoms with Crippen molar-refractivity contribution in [1.82, 2.24) is 26.2 Å². The minimum Gasteiger partial charge on any atom is -0.394 e. The first kappa shape index (κ1) is 44.6. The van der Waals surface area contributed by atoms with Crippen LogP contribution < -0.4 is 21.3 Å². The summed E-state index contributed by atoms with van der Waals surface area (Å²) in [6.07, 6.45) is 0.400. The molecule has 3 saturated heterocycles. The molecule has 3 aliphatic rings. The molecule has 0 aromatic carbocycles. The predicted molar refractivity (Wildman–Crippen MR) is 192 cm³/mol. The summed E-state index contributed by atoms with van der Waals surface area (Å²) < 4.78 is 42.5. The molecule has 7 atom stereocenters. The Morgan fingerprint density at radius 2 is 1.66 bits per heavy atom. The molecule has 0 aromatic rings. The van der Waals surface area contributed by atoms with Gasteiger partial charge in [0, 0.05) is 73.3 Å². The number of aliphatic hydroxyl groups is 2. The summed E-state index contributed by atoms with van der Waals surface area (Å²) in [5, 5.41) is 30.4. The minimum atomic E-state index is -3.76. The van der Waals surface area contributed by atoms with Crippen molar-refractivity contribution >= 4 is 64.8 Å². The van der Waals surface area contributed by atoms with Crippen molar-refractivity contribution in [2.75, 3.05) is 70.4 Å². The van der Waals surface area contributed by atoms with Gasteiger partial charge in [-0.1, -0.05) is 21.6 Å². The number of aliphatic hydroxyl groups excluding tert-OH is 2. The molecule has 0 aromatic heterocycles. The van der Waals surface area contributed by atoms with Gasteiger partial charge in [-0.25, -0.2) is 4.57 Å². The molecule has 3 rings (SSSR count). The Morgan fingerprint density at radius 1 is 0.980 bits per heavy atom. The molecule has 286 valence electrons. The molecule has 0 radical (unpaired) electrons. The van der Waals surface area contributed by atoms with Crippen LogP contribution in [-0.4, -0.2) is 147 Å². The zero-order valence-corrected chi connectivity index (χ0v) is 31.8. The lowest BCUT2D eigenvalue weighted by atomic mass is 10.2. The standard InChI is InChI=1S/C24H43N4O10PS3.C5H7NO2/c1-17(13-26-16-30)24(32)27-23-11-18(31)21(37-23)15-35-39(33,38-19-12-22(25-2)36-20(19)14-29)40-9-10-42-41-8-5-28-3-6-34-7-4-28;1-5(3-7)2-6-4-8/h13,16,18-23,25,29,31H,3-12,14-15H2,1-2H3,(H,26,30)(H,27,32);2-4H,1H3,(H,6,8)/b17-13-;5-2-. The number of carbonyl (C=O) groups is 4. The monoisotopic (exact) mass is 787 g/mol. The molecule has 0 aliphatic carbocycles. The van der Waals surface area contributed by atoms with Crippen LogP contribution in [0.25, 0.3) is 0 Å². The van der Waals surface area contributed by atoms with E-state index in [4.69, 9.17) is 23.3 Å². The van der Waals surface area contributed by atoms with E-state index < -0.39 is 43.3 Å². The fourth-order valence-corrected chi connectivity index (χ4v) is 10.8. The van der Waals surface area contributed by atoms with Gasteiger partial charge >= 0.3 is 6.80 Å². The number of carbonyl (C=O) groups excluding carboxylic acids is 4. The second-order valence-corrected chi connectivity index (χ2v) is 17.9. The van der Waals surface area contributed by atoms with Gasteiger partial charge in [0.25, 0.3) is 0 Å². The number of hydrogen-bond donors (Lipinski definition) is 6. The van der Waals surface area contributed by atoms with Crippen LogP contribution in [0.15, 0.2) is 23.5 Å². The van der Waals surface area contributed by atoms with E-state index >= 15 is 0 Å². The SMILES string of the molecule is C/C(C=O)=C/NC=O.CNC1CC(OP(=O)(OCC2OC(NC(=O)/C(C)=C\NC=O)CC2O)SCCSSCCN2CCOCC2)C(CO)O1. The van der Waals surface area contributed by atoms with Gasteiger partial charge in [-0.05, 0) is 32.3 Å². The smallest absolute Gasteiger partial charge is 0.389 e. The maximum atomic E-state index is 13.9. The Balaban J connectivity index is 0.000000963. The third kappa shape index (κ3) is 17.3. The second-order valence-electron chi connectivity index (χ2n) is 11.0. The van der Waals surface area contributed by atoms with E-state index in [1.165, 1.54) is 19.3 Å². The van der Waals surface area contributed by atoms with Crippen LogP contribution in [0.4, 0.5) is 0 Å². The predicted octanol–water partition coefficient (Wildman–Crippen LogP) is 0.347. The Kier molecular flexibility index (Phi) is 22.7. The normalized spacial score (nSPS) is 27.1. The van der Waals surface area contributed by atoms with Crippen LogP contribution in [0.5, 0.6) is 0 Å². The maximum absolute atomic E-state index is 13.9. The average molecular weight is 788 g/mol. The number of morpholine rings is 1. The number of allylic oxidation sites excluding steroid dienone is 1. The van der Waals surface area contributed by atoms with Crippen molar-refractivity contribution in [2.24, 2.45) is 0 Å². The lowest BCUT2D eigenvalue weighted by molar-refractivity contribution is -0.122. The summed E-state index contributed by atoms with van der Waals surface area (Å²) in [6, 6.07) is 0. The van der Waals surface area contributed by atoms with Gasteiger partial charge < -0.3 is 40.4 Å². The van der Waals surface area contributed by atoms with Crippen molar-refractivity contribution in [3.8, 4) is 0 Å². The molecule has 7 unspecified atom stereocenters. The number of rotatable bonds is 22. The van der Waals surface area contributed by atoms with Gasteiger partial charge in [0.15, 0.2) is 0 Å². The van der Waals surface area contributed by atoms with Gasteiger partial charge in [0.05, 0.1) is 32.5 Å². The largest absolute Gasteiger partial charge is 0.394 e. The van der Waals surface area contributed by atoms with E-state index in [1.54, 1.807) is 35.6 Å². The summed E-state index contributed by atoms with van der Waals surface area (Å²) in [5.41, 5.74) is 0.750. The first-order valence-corrected chi connectivity index (χ1v) is 21.6.